The molecule has 0 aliphatic carbocycles. The van der Waals surface area contributed by atoms with Gasteiger partial charge in [0.2, 0.25) is 0 Å². The Hall–Kier alpha value is -2.62. The number of phenolic OH excluding ortho intramolecular Hbond substituents is 1. The van der Waals surface area contributed by atoms with Crippen LogP contribution in [0.25, 0.3) is 0 Å². The quantitative estimate of drug-likeness (QED) is 0.448. The third kappa shape index (κ3) is 4.28. The van der Waals surface area contributed by atoms with Crippen molar-refractivity contribution in [2.45, 2.75) is 78.7 Å². The van der Waals surface area contributed by atoms with Gasteiger partial charge in [-0.1, -0.05) is 24.3 Å². The van der Waals surface area contributed by atoms with Crippen LogP contribution in [0.2, 0.25) is 0 Å². The number of fused-ring (bicyclic) bond motifs is 1. The van der Waals surface area contributed by atoms with Gasteiger partial charge in [-0.05, 0) is 83.4 Å². The molecule has 1 heterocycles. The van der Waals surface area contributed by atoms with Gasteiger partial charge in [-0.25, -0.2) is 0 Å². The summed E-state index contributed by atoms with van der Waals surface area (Å²) in [6.07, 6.45) is 4.73. The van der Waals surface area contributed by atoms with Crippen molar-refractivity contribution in [3.8, 4) is 11.5 Å². The van der Waals surface area contributed by atoms with Crippen molar-refractivity contribution in [2.75, 3.05) is 0 Å². The molecule has 1 N–H and O–H groups in total. The van der Waals surface area contributed by atoms with Crippen molar-refractivity contribution in [1.82, 2.24) is 0 Å². The number of ether oxygens (including phenoxy) is 1. The van der Waals surface area contributed by atoms with Gasteiger partial charge in [-0.2, -0.15) is 0 Å². The maximum atomic E-state index is 12.6. The first kappa shape index (κ1) is 22.1. The zero-order valence-corrected chi connectivity index (χ0v) is 18.7. The molecule has 4 heteroatoms. The number of unbranched alkanes of at least 4 members (excludes halogenated alkanes) is 1. The van der Waals surface area contributed by atoms with Crippen LogP contribution in [0.3, 0.4) is 0 Å². The van der Waals surface area contributed by atoms with Gasteiger partial charge in [0.25, 0.3) is 0 Å². The number of benzene rings is 2. The standard InChI is InChI=1S/C26H32O4/c1-16-17(2)25-20(18(3)24(16)29)13-15-26(5,30-25)14-9-8-12-23(28)22-11-7-6-10-21(22)19(4)27/h6-7,10-11,29H,8-9,12-15H2,1-5H3. The van der Waals surface area contributed by atoms with E-state index in [1.165, 1.54) is 6.92 Å². The molecule has 0 bridgehead atoms. The van der Waals surface area contributed by atoms with E-state index in [2.05, 4.69) is 6.92 Å². The van der Waals surface area contributed by atoms with E-state index in [1.54, 1.807) is 24.3 Å². The van der Waals surface area contributed by atoms with Gasteiger partial charge in [0.05, 0.1) is 0 Å². The number of ketones is 2. The normalized spacial score (nSPS) is 17.9. The molecule has 0 fully saturated rings. The lowest BCUT2D eigenvalue weighted by Gasteiger charge is -2.38. The third-order valence-corrected chi connectivity index (χ3v) is 6.56. The molecule has 1 aliphatic rings. The first-order valence-electron chi connectivity index (χ1n) is 10.8. The third-order valence-electron chi connectivity index (χ3n) is 6.56. The maximum Gasteiger partial charge on any atom is 0.163 e. The Morgan fingerprint density at radius 2 is 1.70 bits per heavy atom. The van der Waals surface area contributed by atoms with Gasteiger partial charge >= 0.3 is 0 Å². The van der Waals surface area contributed by atoms with Crippen molar-refractivity contribution in [3.63, 3.8) is 0 Å². The van der Waals surface area contributed by atoms with Crippen LogP contribution in [0.1, 0.15) is 88.9 Å². The second-order valence-corrected chi connectivity index (χ2v) is 8.82. The summed E-state index contributed by atoms with van der Waals surface area (Å²) >= 11 is 0. The SMILES string of the molecule is CC(=O)c1ccccc1C(=O)CCCCC1(C)CCc2c(C)c(O)c(C)c(C)c2O1. The highest BCUT2D eigenvalue weighted by molar-refractivity contribution is 6.07. The van der Waals surface area contributed by atoms with Crippen molar-refractivity contribution in [2.24, 2.45) is 0 Å². The largest absolute Gasteiger partial charge is 0.507 e. The molecule has 1 unspecified atom stereocenters. The van der Waals surface area contributed by atoms with Gasteiger partial charge in [0, 0.05) is 23.1 Å². The summed E-state index contributed by atoms with van der Waals surface area (Å²) < 4.78 is 6.47. The molecule has 3 rings (SSSR count). The first-order chi connectivity index (χ1) is 14.1. The number of rotatable bonds is 7. The fourth-order valence-electron chi connectivity index (χ4n) is 4.42. The van der Waals surface area contributed by atoms with Crippen LogP contribution in [0, 0.1) is 20.8 Å². The Labute approximate surface area is 179 Å². The number of hydrogen-bond donors (Lipinski definition) is 1. The van der Waals surface area contributed by atoms with Gasteiger partial charge in [-0.3, -0.25) is 9.59 Å². The zero-order chi connectivity index (χ0) is 22.1. The summed E-state index contributed by atoms with van der Waals surface area (Å²) in [7, 11) is 0. The van der Waals surface area contributed by atoms with Crippen LogP contribution in [-0.2, 0) is 6.42 Å². The smallest absolute Gasteiger partial charge is 0.163 e. The molecule has 1 atom stereocenters. The fraction of sp³-hybridized carbons (Fsp3) is 0.462. The molecule has 0 saturated carbocycles. The van der Waals surface area contributed by atoms with E-state index in [-0.39, 0.29) is 17.2 Å². The summed E-state index contributed by atoms with van der Waals surface area (Å²) in [5, 5.41) is 10.3. The minimum atomic E-state index is -0.270. The Balaban J connectivity index is 1.61. The number of Topliss-reactive ketones (excluding diaryl/α,β-unsaturated/α-hetero) is 2. The topological polar surface area (TPSA) is 63.6 Å². The van der Waals surface area contributed by atoms with E-state index in [4.69, 9.17) is 4.74 Å². The van der Waals surface area contributed by atoms with E-state index in [0.29, 0.717) is 23.3 Å². The highest BCUT2D eigenvalue weighted by Gasteiger charge is 2.34. The Kier molecular flexibility index (Phi) is 6.35. The van der Waals surface area contributed by atoms with Gasteiger partial charge < -0.3 is 9.84 Å². The van der Waals surface area contributed by atoms with Crippen LogP contribution >= 0.6 is 0 Å². The molecule has 1 aliphatic heterocycles. The predicted octanol–water partition coefficient (Wildman–Crippen LogP) is 6.05. The lowest BCUT2D eigenvalue weighted by molar-refractivity contribution is 0.0519. The molecular formula is C26H32O4. The van der Waals surface area contributed by atoms with Crippen molar-refractivity contribution < 1.29 is 19.4 Å². The lowest BCUT2D eigenvalue weighted by Crippen LogP contribution is -2.37. The molecule has 160 valence electrons. The predicted molar refractivity (Wildman–Crippen MR) is 119 cm³/mol. The van der Waals surface area contributed by atoms with Gasteiger partial charge in [-0.15, -0.1) is 0 Å². The summed E-state index contributed by atoms with van der Waals surface area (Å²) in [5.74, 6) is 1.25. The first-order valence-corrected chi connectivity index (χ1v) is 10.8. The minimum absolute atomic E-state index is 0.0263. The average molecular weight is 409 g/mol. The lowest BCUT2D eigenvalue weighted by atomic mass is 9.84. The average Bonchev–Trinajstić information content (AvgIpc) is 2.73. The van der Waals surface area contributed by atoms with E-state index in [1.807, 2.05) is 20.8 Å². The highest BCUT2D eigenvalue weighted by atomic mass is 16.5. The number of carbonyl (C=O) groups excluding carboxylic acids is 2. The van der Waals surface area contributed by atoms with E-state index in [0.717, 1.165) is 60.1 Å². The molecule has 0 aromatic heterocycles. The fourth-order valence-corrected chi connectivity index (χ4v) is 4.42. The van der Waals surface area contributed by atoms with Crippen molar-refractivity contribution >= 4 is 11.6 Å². The molecule has 0 saturated heterocycles. The highest BCUT2D eigenvalue weighted by Crippen LogP contribution is 2.44. The molecule has 30 heavy (non-hydrogen) atoms. The second-order valence-electron chi connectivity index (χ2n) is 8.82. The summed E-state index contributed by atoms with van der Waals surface area (Å²) in [4.78, 5) is 24.4. The Bertz CT molecular complexity index is 989. The number of carbonyl (C=O) groups is 2. The van der Waals surface area contributed by atoms with Crippen LogP contribution in [0.4, 0.5) is 0 Å². The van der Waals surface area contributed by atoms with Crippen molar-refractivity contribution in [1.29, 1.82) is 0 Å². The minimum Gasteiger partial charge on any atom is -0.507 e. The van der Waals surface area contributed by atoms with Crippen LogP contribution in [-0.4, -0.2) is 22.3 Å². The molecule has 2 aromatic rings. The van der Waals surface area contributed by atoms with Gasteiger partial charge in [0.15, 0.2) is 11.6 Å². The van der Waals surface area contributed by atoms with Crippen LogP contribution in [0.15, 0.2) is 24.3 Å². The zero-order valence-electron chi connectivity index (χ0n) is 18.7. The van der Waals surface area contributed by atoms with Gasteiger partial charge in [0.1, 0.15) is 17.1 Å². The molecule has 4 nitrogen and oxygen atoms in total. The van der Waals surface area contributed by atoms with Crippen LogP contribution in [0.5, 0.6) is 11.5 Å². The Morgan fingerprint density at radius 1 is 1.03 bits per heavy atom. The molecule has 0 radical (unpaired) electrons. The van der Waals surface area contributed by atoms with Crippen LogP contribution < -0.4 is 4.74 Å². The number of hydrogen-bond acceptors (Lipinski definition) is 4. The van der Waals surface area contributed by atoms with E-state index in [9.17, 15) is 14.7 Å². The molecule has 0 spiro atoms. The maximum absolute atomic E-state index is 12.6. The van der Waals surface area contributed by atoms with E-state index < -0.39 is 0 Å². The Morgan fingerprint density at radius 3 is 2.37 bits per heavy atom. The monoisotopic (exact) mass is 408 g/mol. The number of aromatic hydroxyl groups is 1. The van der Waals surface area contributed by atoms with E-state index >= 15 is 0 Å². The summed E-state index contributed by atoms with van der Waals surface area (Å²) in [6.45, 7) is 9.52. The molecule has 2 aromatic carbocycles. The molecular weight excluding hydrogens is 376 g/mol. The molecule has 0 amide bonds. The van der Waals surface area contributed by atoms with Crippen molar-refractivity contribution in [3.05, 3.63) is 57.6 Å². The second kappa shape index (κ2) is 8.63. The number of phenols is 1. The summed E-state index contributed by atoms with van der Waals surface area (Å²) in [5.41, 5.74) is 4.69. The summed E-state index contributed by atoms with van der Waals surface area (Å²) in [6, 6.07) is 7.05.